The van der Waals surface area contributed by atoms with Crippen molar-refractivity contribution < 1.29 is 28.6 Å². The van der Waals surface area contributed by atoms with Crippen LogP contribution in [-0.2, 0) is 4.79 Å². The number of aromatic hydroxyl groups is 1. The molecule has 1 unspecified atom stereocenters. The monoisotopic (exact) mass is 309 g/mol. The van der Waals surface area contributed by atoms with Gasteiger partial charge in [0.15, 0.2) is 0 Å². The Bertz CT molecular complexity index is 763. The maximum Gasteiger partial charge on any atom is 0.362 e. The number of aliphatic carboxylic acids is 1. The highest BCUT2D eigenvalue weighted by Crippen LogP contribution is 2.31. The molecule has 22 heavy (non-hydrogen) atoms. The number of benzene rings is 2. The molecule has 0 bridgehead atoms. The van der Waals surface area contributed by atoms with Crippen LogP contribution in [0.5, 0.6) is 5.75 Å². The molecule has 0 aliphatic heterocycles. The van der Waals surface area contributed by atoms with Crippen LogP contribution in [0, 0.1) is 5.82 Å². The van der Waals surface area contributed by atoms with E-state index in [9.17, 15) is 23.5 Å². The quantitative estimate of drug-likeness (QED) is 0.758. The zero-order chi connectivity index (χ0) is 16.5. The minimum Gasteiger partial charge on any atom is -0.506 e. The first-order valence-corrected chi connectivity index (χ1v) is 6.45. The molecule has 0 fully saturated rings. The predicted octanol–water partition coefficient (Wildman–Crippen LogP) is 2.57. The van der Waals surface area contributed by atoms with Crippen molar-refractivity contribution in [2.75, 3.05) is 0 Å². The maximum atomic E-state index is 14.0. The molecular formula is C15H13F2NO4. The third-order valence-electron chi connectivity index (χ3n) is 3.35. The van der Waals surface area contributed by atoms with E-state index < -0.39 is 41.2 Å². The first-order chi connectivity index (χ1) is 10.3. The fourth-order valence-electron chi connectivity index (χ4n) is 2.03. The fraction of sp³-hybridized carbons (Fsp3) is 0.200. The third kappa shape index (κ3) is 2.57. The molecule has 0 heterocycles. The zero-order valence-corrected chi connectivity index (χ0v) is 11.6. The molecule has 0 spiro atoms. The summed E-state index contributed by atoms with van der Waals surface area (Å²) in [6.45, 7) is 1.23. The maximum absolute atomic E-state index is 14.0. The van der Waals surface area contributed by atoms with E-state index in [0.29, 0.717) is 0 Å². The van der Waals surface area contributed by atoms with E-state index in [1.807, 2.05) is 0 Å². The zero-order valence-electron chi connectivity index (χ0n) is 11.6. The van der Waals surface area contributed by atoms with Crippen LogP contribution >= 0.6 is 0 Å². The van der Waals surface area contributed by atoms with Crippen molar-refractivity contribution in [1.82, 2.24) is 5.32 Å². The molecule has 0 aliphatic rings. The van der Waals surface area contributed by atoms with Crippen LogP contribution in [0.3, 0.4) is 0 Å². The number of amides is 1. The van der Waals surface area contributed by atoms with Crippen molar-refractivity contribution in [2.24, 2.45) is 0 Å². The molecule has 116 valence electrons. The van der Waals surface area contributed by atoms with Crippen LogP contribution in [0.25, 0.3) is 10.8 Å². The number of fused-ring (bicyclic) bond motifs is 1. The molecule has 0 aliphatic carbocycles. The smallest absolute Gasteiger partial charge is 0.362 e. The first-order valence-electron chi connectivity index (χ1n) is 6.45. The number of nitrogens with one attached hydrogen (secondary N) is 1. The Morgan fingerprint density at radius 2 is 1.86 bits per heavy atom. The van der Waals surface area contributed by atoms with Gasteiger partial charge in [0.25, 0.3) is 11.7 Å². The Kier molecular flexibility index (Phi) is 3.99. The number of halogens is 2. The normalized spacial score (nSPS) is 13.6. The van der Waals surface area contributed by atoms with E-state index in [4.69, 9.17) is 5.11 Å². The molecular weight excluding hydrogens is 296 g/mol. The summed E-state index contributed by atoms with van der Waals surface area (Å²) in [7, 11) is 0. The molecule has 2 aromatic rings. The summed E-state index contributed by atoms with van der Waals surface area (Å²) in [4.78, 5) is 22.9. The highest BCUT2D eigenvalue weighted by atomic mass is 19.1. The number of alkyl halides is 1. The number of phenols is 1. The van der Waals surface area contributed by atoms with Gasteiger partial charge in [-0.1, -0.05) is 31.2 Å². The Labute approximate surface area is 124 Å². The SMILES string of the molecule is CCC(F)(NC(=O)c1cc(F)c2ccccc2c1O)C(=O)O. The van der Waals surface area contributed by atoms with Gasteiger partial charge in [0.1, 0.15) is 11.6 Å². The summed E-state index contributed by atoms with van der Waals surface area (Å²) in [5.41, 5.74) is -0.534. The van der Waals surface area contributed by atoms with Crippen LogP contribution in [-0.4, -0.2) is 27.9 Å². The van der Waals surface area contributed by atoms with E-state index in [1.165, 1.54) is 25.1 Å². The van der Waals surface area contributed by atoms with Gasteiger partial charge in [0.05, 0.1) is 5.56 Å². The summed E-state index contributed by atoms with van der Waals surface area (Å²) in [5.74, 6) is -7.41. The molecule has 0 aromatic heterocycles. The number of carbonyl (C=O) groups excluding carboxylic acids is 1. The van der Waals surface area contributed by atoms with Crippen LogP contribution in [0.15, 0.2) is 30.3 Å². The van der Waals surface area contributed by atoms with Gasteiger partial charge in [0, 0.05) is 17.2 Å². The van der Waals surface area contributed by atoms with Gasteiger partial charge in [0.2, 0.25) is 0 Å². The Morgan fingerprint density at radius 3 is 2.41 bits per heavy atom. The summed E-state index contributed by atoms with van der Waals surface area (Å²) in [6.07, 6.45) is -0.523. The molecule has 1 atom stereocenters. The van der Waals surface area contributed by atoms with Gasteiger partial charge >= 0.3 is 5.97 Å². The molecule has 0 radical (unpaired) electrons. The van der Waals surface area contributed by atoms with E-state index in [0.717, 1.165) is 6.07 Å². The van der Waals surface area contributed by atoms with Crippen molar-refractivity contribution in [2.45, 2.75) is 19.1 Å². The summed E-state index contributed by atoms with van der Waals surface area (Å²) >= 11 is 0. The van der Waals surface area contributed by atoms with E-state index in [1.54, 1.807) is 11.4 Å². The number of hydrogen-bond donors (Lipinski definition) is 3. The Morgan fingerprint density at radius 1 is 1.27 bits per heavy atom. The van der Waals surface area contributed by atoms with E-state index in [-0.39, 0.29) is 10.8 Å². The molecule has 0 saturated heterocycles. The third-order valence-corrected chi connectivity index (χ3v) is 3.35. The van der Waals surface area contributed by atoms with Crippen molar-refractivity contribution in [3.05, 3.63) is 41.7 Å². The second kappa shape index (κ2) is 5.59. The molecule has 0 saturated carbocycles. The lowest BCUT2D eigenvalue weighted by Crippen LogP contribution is -2.50. The van der Waals surface area contributed by atoms with Gasteiger partial charge in [-0.15, -0.1) is 0 Å². The van der Waals surface area contributed by atoms with E-state index >= 15 is 0 Å². The van der Waals surface area contributed by atoms with Crippen molar-refractivity contribution in [3.8, 4) is 5.75 Å². The molecule has 1 amide bonds. The van der Waals surface area contributed by atoms with Crippen LogP contribution < -0.4 is 5.32 Å². The summed E-state index contributed by atoms with van der Waals surface area (Å²) < 4.78 is 28.0. The minimum atomic E-state index is -2.99. The molecule has 2 rings (SSSR count). The van der Waals surface area contributed by atoms with Gasteiger partial charge in [-0.3, -0.25) is 4.79 Å². The van der Waals surface area contributed by atoms with Crippen molar-refractivity contribution >= 4 is 22.6 Å². The summed E-state index contributed by atoms with van der Waals surface area (Å²) in [6, 6.07) is 6.63. The van der Waals surface area contributed by atoms with Crippen LogP contribution in [0.1, 0.15) is 23.7 Å². The second-order valence-corrected chi connectivity index (χ2v) is 4.71. The summed E-state index contributed by atoms with van der Waals surface area (Å²) in [5, 5.41) is 20.7. The van der Waals surface area contributed by atoms with Gasteiger partial charge in [-0.2, -0.15) is 0 Å². The highest BCUT2D eigenvalue weighted by molar-refractivity contribution is 6.05. The number of hydrogen-bond acceptors (Lipinski definition) is 3. The number of rotatable bonds is 4. The number of phenolic OH excluding ortho intramolecular Hbond substituents is 1. The highest BCUT2D eigenvalue weighted by Gasteiger charge is 2.39. The number of carboxylic acid groups (broad SMARTS) is 1. The average Bonchev–Trinajstić information content (AvgIpc) is 2.50. The minimum absolute atomic E-state index is 0.0731. The van der Waals surface area contributed by atoms with Gasteiger partial charge in [-0.25, -0.2) is 13.6 Å². The average molecular weight is 309 g/mol. The number of carbonyl (C=O) groups is 2. The fourth-order valence-corrected chi connectivity index (χ4v) is 2.03. The lowest BCUT2D eigenvalue weighted by atomic mass is 10.0. The Balaban J connectivity index is 2.49. The van der Waals surface area contributed by atoms with Crippen molar-refractivity contribution in [3.63, 3.8) is 0 Å². The molecule has 5 nitrogen and oxygen atoms in total. The lowest BCUT2D eigenvalue weighted by Gasteiger charge is -2.20. The lowest BCUT2D eigenvalue weighted by molar-refractivity contribution is -0.152. The van der Waals surface area contributed by atoms with Crippen LogP contribution in [0.4, 0.5) is 8.78 Å². The predicted molar refractivity (Wildman–Crippen MR) is 74.8 cm³/mol. The van der Waals surface area contributed by atoms with Gasteiger partial charge < -0.3 is 15.5 Å². The van der Waals surface area contributed by atoms with Crippen molar-refractivity contribution in [1.29, 1.82) is 0 Å². The second-order valence-electron chi connectivity index (χ2n) is 4.71. The number of carboxylic acids is 1. The van der Waals surface area contributed by atoms with E-state index in [2.05, 4.69) is 0 Å². The molecule has 2 aromatic carbocycles. The largest absolute Gasteiger partial charge is 0.506 e. The molecule has 3 N–H and O–H groups in total. The standard InChI is InChI=1S/C15H13F2NO4/c1-2-15(17,14(21)22)18-13(20)10-7-11(16)8-5-3-4-6-9(8)12(10)19/h3-7,19H,2H2,1H3,(H,18,20)(H,21,22). The Hall–Kier alpha value is -2.70. The van der Waals surface area contributed by atoms with Gasteiger partial charge in [-0.05, 0) is 6.07 Å². The topological polar surface area (TPSA) is 86.6 Å². The van der Waals surface area contributed by atoms with Crippen LogP contribution in [0.2, 0.25) is 0 Å². The first kappa shape index (κ1) is 15.7. The molecule has 7 heteroatoms.